The number of nitrogens with zero attached hydrogens (tertiary/aromatic N) is 1. The zero-order chi connectivity index (χ0) is 13.4. The van der Waals surface area contributed by atoms with E-state index in [1.165, 1.54) is 32.1 Å². The first kappa shape index (κ1) is 12.9. The number of Topliss-reactive ketones (excluding diaryl/α,β-unsaturated/α-hetero) is 1. The predicted octanol–water partition coefficient (Wildman–Crippen LogP) is 3.56. The Hall–Kier alpha value is -1.16. The summed E-state index contributed by atoms with van der Waals surface area (Å²) >= 11 is 3.35. The number of amides is 1. The van der Waals surface area contributed by atoms with Gasteiger partial charge in [-0.25, -0.2) is 0 Å². The van der Waals surface area contributed by atoms with Gasteiger partial charge in [0.2, 0.25) is 0 Å². The van der Waals surface area contributed by atoms with Gasteiger partial charge in [0.05, 0.1) is 11.3 Å². The molecule has 1 heterocycles. The minimum atomic E-state index is -0.368. The molecule has 1 aliphatic heterocycles. The molecule has 0 radical (unpaired) electrons. The fourth-order valence-electron chi connectivity index (χ4n) is 3.08. The largest absolute Gasteiger partial charge is 0.304 e. The predicted molar refractivity (Wildman–Crippen MR) is 77.4 cm³/mol. The molecule has 19 heavy (non-hydrogen) atoms. The van der Waals surface area contributed by atoms with Gasteiger partial charge in [-0.05, 0) is 37.0 Å². The lowest BCUT2D eigenvalue weighted by molar-refractivity contribution is -0.114. The first-order chi connectivity index (χ1) is 9.16. The first-order valence-corrected chi connectivity index (χ1v) is 7.62. The first-order valence-electron chi connectivity index (χ1n) is 6.82. The highest BCUT2D eigenvalue weighted by Gasteiger charge is 2.36. The zero-order valence-electron chi connectivity index (χ0n) is 10.7. The van der Waals surface area contributed by atoms with Gasteiger partial charge in [0, 0.05) is 11.0 Å². The lowest BCUT2D eigenvalue weighted by Gasteiger charge is -2.26. The second kappa shape index (κ2) is 5.08. The minimum absolute atomic E-state index is 0.362. The summed E-state index contributed by atoms with van der Waals surface area (Å²) < 4.78 is 0.840. The van der Waals surface area contributed by atoms with Crippen molar-refractivity contribution in [3.05, 3.63) is 28.2 Å². The zero-order valence-corrected chi connectivity index (χ0v) is 12.3. The van der Waals surface area contributed by atoms with Crippen LogP contribution in [0, 0.1) is 5.92 Å². The summed E-state index contributed by atoms with van der Waals surface area (Å²) in [6, 6.07) is 5.50. The van der Waals surface area contributed by atoms with Gasteiger partial charge in [0.25, 0.3) is 11.7 Å². The van der Waals surface area contributed by atoms with E-state index in [2.05, 4.69) is 15.9 Å². The molecule has 3 rings (SSSR count). The van der Waals surface area contributed by atoms with Gasteiger partial charge in [0.15, 0.2) is 0 Å². The van der Waals surface area contributed by atoms with Crippen LogP contribution in [0.4, 0.5) is 5.69 Å². The van der Waals surface area contributed by atoms with E-state index in [1.807, 2.05) is 12.1 Å². The van der Waals surface area contributed by atoms with Gasteiger partial charge in [-0.2, -0.15) is 0 Å². The molecule has 0 N–H and O–H groups in total. The molecular weight excluding hydrogens is 306 g/mol. The number of anilines is 1. The molecule has 4 heteroatoms. The van der Waals surface area contributed by atoms with Gasteiger partial charge in [-0.3, -0.25) is 9.59 Å². The van der Waals surface area contributed by atoms with Crippen molar-refractivity contribution in [1.82, 2.24) is 0 Å². The van der Waals surface area contributed by atoms with Crippen molar-refractivity contribution in [2.45, 2.75) is 32.1 Å². The summed E-state index contributed by atoms with van der Waals surface area (Å²) in [5.41, 5.74) is 1.32. The van der Waals surface area contributed by atoms with Gasteiger partial charge in [-0.1, -0.05) is 35.2 Å². The summed E-state index contributed by atoms with van der Waals surface area (Å²) in [7, 11) is 0. The van der Waals surface area contributed by atoms with E-state index < -0.39 is 0 Å². The average Bonchev–Trinajstić information content (AvgIpc) is 2.65. The Kier molecular flexibility index (Phi) is 3.44. The fourth-order valence-corrected chi connectivity index (χ4v) is 3.44. The molecular formula is C15H16BrNO2. The molecule has 0 unspecified atom stereocenters. The monoisotopic (exact) mass is 321 g/mol. The Bertz CT molecular complexity index is 535. The molecule has 1 aromatic rings. The number of halogens is 1. The number of ketones is 1. The summed E-state index contributed by atoms with van der Waals surface area (Å²) in [4.78, 5) is 25.8. The Morgan fingerprint density at radius 1 is 1.16 bits per heavy atom. The van der Waals surface area contributed by atoms with Crippen molar-refractivity contribution < 1.29 is 9.59 Å². The summed E-state index contributed by atoms with van der Waals surface area (Å²) in [6.45, 7) is 0.694. The van der Waals surface area contributed by atoms with E-state index in [0.717, 1.165) is 10.2 Å². The van der Waals surface area contributed by atoms with Crippen LogP contribution in [-0.4, -0.2) is 18.2 Å². The van der Waals surface area contributed by atoms with Crippen molar-refractivity contribution in [2.75, 3.05) is 11.4 Å². The number of hydrogen-bond donors (Lipinski definition) is 0. The Labute approximate surface area is 121 Å². The minimum Gasteiger partial charge on any atom is -0.304 e. The van der Waals surface area contributed by atoms with Gasteiger partial charge in [-0.15, -0.1) is 0 Å². The van der Waals surface area contributed by atoms with E-state index in [0.29, 0.717) is 18.0 Å². The lowest BCUT2D eigenvalue weighted by atomic mass is 9.89. The maximum atomic E-state index is 12.1. The van der Waals surface area contributed by atoms with E-state index in [-0.39, 0.29) is 11.7 Å². The van der Waals surface area contributed by atoms with Crippen molar-refractivity contribution in [3.8, 4) is 0 Å². The highest BCUT2D eigenvalue weighted by molar-refractivity contribution is 9.10. The van der Waals surface area contributed by atoms with Crippen molar-refractivity contribution in [1.29, 1.82) is 0 Å². The Morgan fingerprint density at radius 2 is 1.89 bits per heavy atom. The highest BCUT2D eigenvalue weighted by Crippen LogP contribution is 2.34. The number of fused-ring (bicyclic) bond motifs is 1. The van der Waals surface area contributed by atoms with Crippen molar-refractivity contribution in [2.24, 2.45) is 5.92 Å². The molecule has 1 amide bonds. The standard InChI is InChI=1S/C15H16BrNO2/c16-11-6-7-13-12(8-11)14(18)15(19)17(13)9-10-4-2-1-3-5-10/h6-8,10H,1-5,9H2. The number of benzene rings is 1. The molecule has 3 nitrogen and oxygen atoms in total. The second-order valence-electron chi connectivity index (χ2n) is 5.41. The second-order valence-corrected chi connectivity index (χ2v) is 6.33. The average molecular weight is 322 g/mol. The molecule has 0 aromatic heterocycles. The number of hydrogen-bond acceptors (Lipinski definition) is 2. The number of carbonyl (C=O) groups excluding carboxylic acids is 2. The summed E-state index contributed by atoms with van der Waals surface area (Å²) in [5.74, 6) is -0.189. The molecule has 2 aliphatic rings. The van der Waals surface area contributed by atoms with Crippen LogP contribution in [-0.2, 0) is 4.79 Å². The maximum absolute atomic E-state index is 12.1. The lowest BCUT2D eigenvalue weighted by Crippen LogP contribution is -2.35. The molecule has 1 aromatic carbocycles. The molecule has 0 atom stereocenters. The number of carbonyl (C=O) groups is 2. The fraction of sp³-hybridized carbons (Fsp3) is 0.467. The van der Waals surface area contributed by atoms with Crippen LogP contribution in [0.1, 0.15) is 42.5 Å². The molecule has 0 spiro atoms. The van der Waals surface area contributed by atoms with Crippen molar-refractivity contribution >= 4 is 33.3 Å². The third-order valence-corrected chi connectivity index (χ3v) is 4.59. The van der Waals surface area contributed by atoms with Gasteiger partial charge >= 0.3 is 0 Å². The molecule has 100 valence electrons. The van der Waals surface area contributed by atoms with Crippen LogP contribution < -0.4 is 4.90 Å². The van der Waals surface area contributed by atoms with E-state index in [4.69, 9.17) is 0 Å². The van der Waals surface area contributed by atoms with Crippen LogP contribution in [0.25, 0.3) is 0 Å². The van der Waals surface area contributed by atoms with Gasteiger partial charge in [0.1, 0.15) is 0 Å². The van der Waals surface area contributed by atoms with Crippen molar-refractivity contribution in [3.63, 3.8) is 0 Å². The smallest absolute Gasteiger partial charge is 0.299 e. The molecule has 0 bridgehead atoms. The van der Waals surface area contributed by atoms with Crippen LogP contribution >= 0.6 is 15.9 Å². The molecule has 1 fully saturated rings. The normalized spacial score (nSPS) is 19.9. The van der Waals surface area contributed by atoms with E-state index in [9.17, 15) is 9.59 Å². The molecule has 1 aliphatic carbocycles. The third kappa shape index (κ3) is 2.34. The van der Waals surface area contributed by atoms with Crippen LogP contribution in [0.5, 0.6) is 0 Å². The Balaban J connectivity index is 1.86. The highest BCUT2D eigenvalue weighted by atomic mass is 79.9. The summed E-state index contributed by atoms with van der Waals surface area (Å²) in [6.07, 6.45) is 6.13. The van der Waals surface area contributed by atoms with Crippen LogP contribution in [0.3, 0.4) is 0 Å². The Morgan fingerprint density at radius 3 is 2.63 bits per heavy atom. The quantitative estimate of drug-likeness (QED) is 0.781. The summed E-state index contributed by atoms with van der Waals surface area (Å²) in [5, 5.41) is 0. The van der Waals surface area contributed by atoms with E-state index >= 15 is 0 Å². The third-order valence-electron chi connectivity index (χ3n) is 4.10. The molecule has 0 saturated heterocycles. The SMILES string of the molecule is O=C1C(=O)N(CC2CCCCC2)c2ccc(Br)cc21. The topological polar surface area (TPSA) is 37.4 Å². The van der Waals surface area contributed by atoms with E-state index in [1.54, 1.807) is 11.0 Å². The van der Waals surface area contributed by atoms with Gasteiger partial charge < -0.3 is 4.90 Å². The van der Waals surface area contributed by atoms with Crippen LogP contribution in [0.2, 0.25) is 0 Å². The number of rotatable bonds is 2. The maximum Gasteiger partial charge on any atom is 0.299 e. The molecule has 1 saturated carbocycles. The van der Waals surface area contributed by atoms with Crippen LogP contribution in [0.15, 0.2) is 22.7 Å².